The van der Waals surface area contributed by atoms with Crippen LogP contribution in [0.5, 0.6) is 0 Å². The molecule has 166 valence electrons. The number of halogens is 1. The SMILES string of the molecule is Cc1ccc(-c2cc(C(=O)N3CCN(c4ccc(F)cc4)CC3)c3ccccc3n2)cc1C. The second kappa shape index (κ2) is 8.66. The number of benzene rings is 3. The molecular weight excluding hydrogens is 413 g/mol. The van der Waals surface area contributed by atoms with Gasteiger partial charge in [-0.15, -0.1) is 0 Å². The standard InChI is InChI=1S/C28H26FN3O/c1-19-7-8-21(17-20(19)2)27-18-25(24-5-3-4-6-26(24)30-27)28(33)32-15-13-31(14-16-32)23-11-9-22(29)10-12-23/h3-12,17-18H,13-16H2,1-2H3. The highest BCUT2D eigenvalue weighted by molar-refractivity contribution is 6.07. The summed E-state index contributed by atoms with van der Waals surface area (Å²) in [7, 11) is 0. The number of para-hydroxylation sites is 1. The van der Waals surface area contributed by atoms with Crippen molar-refractivity contribution >= 4 is 22.5 Å². The highest BCUT2D eigenvalue weighted by Crippen LogP contribution is 2.28. The van der Waals surface area contributed by atoms with Crippen LogP contribution in [0, 0.1) is 19.7 Å². The Labute approximate surface area is 193 Å². The lowest BCUT2D eigenvalue weighted by Crippen LogP contribution is -2.48. The molecule has 0 bridgehead atoms. The van der Waals surface area contributed by atoms with Crippen LogP contribution in [-0.2, 0) is 0 Å². The van der Waals surface area contributed by atoms with E-state index in [1.54, 1.807) is 12.1 Å². The number of fused-ring (bicyclic) bond motifs is 1. The summed E-state index contributed by atoms with van der Waals surface area (Å²) in [6.07, 6.45) is 0. The maximum atomic E-state index is 13.6. The van der Waals surface area contributed by atoms with Crippen LogP contribution in [0.15, 0.2) is 72.8 Å². The monoisotopic (exact) mass is 439 g/mol. The molecule has 0 radical (unpaired) electrons. The molecule has 33 heavy (non-hydrogen) atoms. The molecule has 1 aliphatic heterocycles. The number of hydrogen-bond donors (Lipinski definition) is 0. The number of aryl methyl sites for hydroxylation is 2. The van der Waals surface area contributed by atoms with Crippen LogP contribution in [0.2, 0.25) is 0 Å². The number of carbonyl (C=O) groups is 1. The summed E-state index contributed by atoms with van der Waals surface area (Å²) >= 11 is 0. The number of anilines is 1. The van der Waals surface area contributed by atoms with Crippen LogP contribution in [0.25, 0.3) is 22.2 Å². The molecule has 0 saturated carbocycles. The molecule has 3 aromatic carbocycles. The van der Waals surface area contributed by atoms with E-state index in [2.05, 4.69) is 36.9 Å². The van der Waals surface area contributed by atoms with Crippen LogP contribution in [0.4, 0.5) is 10.1 Å². The highest BCUT2D eigenvalue weighted by atomic mass is 19.1. The maximum absolute atomic E-state index is 13.6. The minimum Gasteiger partial charge on any atom is -0.368 e. The molecule has 4 nitrogen and oxygen atoms in total. The molecule has 0 spiro atoms. The van der Waals surface area contributed by atoms with Crippen LogP contribution >= 0.6 is 0 Å². The third-order valence-corrected chi connectivity index (χ3v) is 6.51. The van der Waals surface area contributed by atoms with E-state index in [0.29, 0.717) is 31.7 Å². The number of aromatic nitrogens is 1. The lowest BCUT2D eigenvalue weighted by Gasteiger charge is -2.36. The lowest BCUT2D eigenvalue weighted by molar-refractivity contribution is 0.0748. The van der Waals surface area contributed by atoms with Crippen molar-refractivity contribution in [1.29, 1.82) is 0 Å². The summed E-state index contributed by atoms with van der Waals surface area (Å²) in [6, 6.07) is 22.6. The van der Waals surface area contributed by atoms with Crippen molar-refractivity contribution in [2.45, 2.75) is 13.8 Å². The quantitative estimate of drug-likeness (QED) is 0.416. The van der Waals surface area contributed by atoms with Crippen molar-refractivity contribution in [3.63, 3.8) is 0 Å². The second-order valence-corrected chi connectivity index (χ2v) is 8.63. The Bertz CT molecular complexity index is 1330. The van der Waals surface area contributed by atoms with E-state index in [9.17, 15) is 9.18 Å². The molecule has 5 rings (SSSR count). The Hall–Kier alpha value is -3.73. The van der Waals surface area contributed by atoms with Gasteiger partial charge in [-0.25, -0.2) is 9.37 Å². The first-order valence-corrected chi connectivity index (χ1v) is 11.3. The van der Waals surface area contributed by atoms with Gasteiger partial charge in [0, 0.05) is 42.8 Å². The van der Waals surface area contributed by atoms with Gasteiger partial charge >= 0.3 is 0 Å². The third kappa shape index (κ3) is 4.19. The Morgan fingerprint density at radius 2 is 1.58 bits per heavy atom. The van der Waals surface area contributed by atoms with Gasteiger partial charge in [0.25, 0.3) is 5.91 Å². The summed E-state index contributed by atoms with van der Waals surface area (Å²) in [6.45, 7) is 6.84. The fourth-order valence-electron chi connectivity index (χ4n) is 4.39. The van der Waals surface area contributed by atoms with Gasteiger partial charge in [-0.05, 0) is 67.4 Å². The van der Waals surface area contributed by atoms with E-state index in [-0.39, 0.29) is 11.7 Å². The normalized spacial score (nSPS) is 14.0. The molecule has 5 heteroatoms. The molecule has 0 unspecified atom stereocenters. The zero-order valence-electron chi connectivity index (χ0n) is 18.9. The van der Waals surface area contributed by atoms with Gasteiger partial charge in [0.2, 0.25) is 0 Å². The first kappa shape index (κ1) is 21.1. The molecule has 1 fully saturated rings. The average Bonchev–Trinajstić information content (AvgIpc) is 2.85. The number of piperazine rings is 1. The highest BCUT2D eigenvalue weighted by Gasteiger charge is 2.24. The Kier molecular flexibility index (Phi) is 5.55. The smallest absolute Gasteiger partial charge is 0.254 e. The van der Waals surface area contributed by atoms with Crippen molar-refractivity contribution in [3.05, 3.63) is 95.3 Å². The molecule has 4 aromatic rings. The summed E-state index contributed by atoms with van der Waals surface area (Å²) in [4.78, 5) is 22.6. The van der Waals surface area contributed by atoms with Gasteiger partial charge in [0.1, 0.15) is 5.82 Å². The van der Waals surface area contributed by atoms with Gasteiger partial charge < -0.3 is 9.80 Å². The van der Waals surface area contributed by atoms with E-state index in [0.717, 1.165) is 27.8 Å². The van der Waals surface area contributed by atoms with E-state index in [1.165, 1.54) is 23.3 Å². The Balaban J connectivity index is 1.44. The van der Waals surface area contributed by atoms with Crippen LogP contribution in [0.1, 0.15) is 21.5 Å². The molecule has 1 amide bonds. The molecule has 1 saturated heterocycles. The van der Waals surface area contributed by atoms with E-state index in [1.807, 2.05) is 35.2 Å². The van der Waals surface area contributed by atoms with E-state index in [4.69, 9.17) is 4.98 Å². The van der Waals surface area contributed by atoms with Crippen LogP contribution in [0.3, 0.4) is 0 Å². The lowest BCUT2D eigenvalue weighted by atomic mass is 10.00. The van der Waals surface area contributed by atoms with Crippen molar-refractivity contribution in [1.82, 2.24) is 9.88 Å². The molecular formula is C28H26FN3O. The summed E-state index contributed by atoms with van der Waals surface area (Å²) in [5.41, 5.74) is 6.74. The van der Waals surface area contributed by atoms with Crippen LogP contribution in [-0.4, -0.2) is 42.0 Å². The maximum Gasteiger partial charge on any atom is 0.254 e. The first-order valence-electron chi connectivity index (χ1n) is 11.3. The number of hydrogen-bond acceptors (Lipinski definition) is 3. The molecule has 0 atom stereocenters. The number of rotatable bonds is 3. The predicted octanol–water partition coefficient (Wildman–Crippen LogP) is 5.62. The first-order chi connectivity index (χ1) is 16.0. The molecule has 1 aliphatic rings. The number of nitrogens with zero attached hydrogens (tertiary/aromatic N) is 3. The largest absolute Gasteiger partial charge is 0.368 e. The molecule has 0 aliphatic carbocycles. The zero-order valence-corrected chi connectivity index (χ0v) is 18.9. The Morgan fingerprint density at radius 1 is 0.848 bits per heavy atom. The Morgan fingerprint density at radius 3 is 2.30 bits per heavy atom. The van der Waals surface area contributed by atoms with Gasteiger partial charge in [0.05, 0.1) is 16.8 Å². The summed E-state index contributed by atoms with van der Waals surface area (Å²) in [5, 5.41) is 0.871. The van der Waals surface area contributed by atoms with Crippen molar-refractivity contribution in [2.24, 2.45) is 0 Å². The van der Waals surface area contributed by atoms with Gasteiger partial charge in [-0.2, -0.15) is 0 Å². The minimum absolute atomic E-state index is 0.0254. The predicted molar refractivity (Wildman–Crippen MR) is 131 cm³/mol. The minimum atomic E-state index is -0.239. The molecule has 2 heterocycles. The van der Waals surface area contributed by atoms with Gasteiger partial charge in [-0.1, -0.05) is 30.3 Å². The fraction of sp³-hybridized carbons (Fsp3) is 0.214. The zero-order chi connectivity index (χ0) is 22.9. The number of amides is 1. The summed E-state index contributed by atoms with van der Waals surface area (Å²) < 4.78 is 13.3. The number of pyridine rings is 1. The van der Waals surface area contributed by atoms with Crippen molar-refractivity contribution in [2.75, 3.05) is 31.1 Å². The fourth-order valence-corrected chi connectivity index (χ4v) is 4.39. The van der Waals surface area contributed by atoms with Gasteiger partial charge in [0.15, 0.2) is 0 Å². The van der Waals surface area contributed by atoms with Crippen molar-refractivity contribution < 1.29 is 9.18 Å². The molecule has 1 aromatic heterocycles. The van der Waals surface area contributed by atoms with Crippen LogP contribution < -0.4 is 4.90 Å². The van der Waals surface area contributed by atoms with E-state index >= 15 is 0 Å². The molecule has 0 N–H and O–H groups in total. The topological polar surface area (TPSA) is 36.4 Å². The van der Waals surface area contributed by atoms with E-state index < -0.39 is 0 Å². The third-order valence-electron chi connectivity index (χ3n) is 6.51. The van der Waals surface area contributed by atoms with Gasteiger partial charge in [-0.3, -0.25) is 4.79 Å². The number of carbonyl (C=O) groups excluding carboxylic acids is 1. The summed E-state index contributed by atoms with van der Waals surface area (Å²) in [5.74, 6) is -0.214. The second-order valence-electron chi connectivity index (χ2n) is 8.63. The van der Waals surface area contributed by atoms with Crippen molar-refractivity contribution in [3.8, 4) is 11.3 Å². The average molecular weight is 440 g/mol.